The summed E-state index contributed by atoms with van der Waals surface area (Å²) < 4.78 is 1.68. The minimum absolute atomic E-state index is 0.00912. The standard InChI is InChI=1S/C28H32N6O2/c1-18-8-5-6-9-20(18)17-34-25-23(31-32-34)26(35)30-24(29-25)21-10-7-15-33(16-21)27(36)19-11-13-22(14-12-19)28(2,3)4/h5-6,8-9,11-14,21H,7,10,15-17H2,1-4H3,(H,29,30,35)/t21-/m1/s1. The van der Waals surface area contributed by atoms with Gasteiger partial charge in [-0.2, -0.15) is 0 Å². The van der Waals surface area contributed by atoms with Crippen molar-refractivity contribution in [3.8, 4) is 0 Å². The first-order chi connectivity index (χ1) is 17.2. The van der Waals surface area contributed by atoms with Crippen LogP contribution < -0.4 is 5.56 Å². The van der Waals surface area contributed by atoms with Gasteiger partial charge in [-0.3, -0.25) is 9.59 Å². The molecule has 8 nitrogen and oxygen atoms in total. The van der Waals surface area contributed by atoms with Crippen molar-refractivity contribution in [1.82, 2.24) is 29.9 Å². The van der Waals surface area contributed by atoms with Crippen molar-refractivity contribution in [2.24, 2.45) is 0 Å². The van der Waals surface area contributed by atoms with E-state index in [9.17, 15) is 9.59 Å². The lowest BCUT2D eigenvalue weighted by Gasteiger charge is -2.32. The number of carbonyl (C=O) groups excluding carboxylic acids is 1. The molecule has 0 bridgehead atoms. The van der Waals surface area contributed by atoms with E-state index in [1.807, 2.05) is 60.4 Å². The zero-order valence-corrected chi connectivity index (χ0v) is 21.3. The SMILES string of the molecule is Cc1ccccc1Cn1nnc2c(=O)[nH]c([C@@H]3CCCN(C(=O)c4ccc(C(C)(C)C)cc4)C3)nc21. The van der Waals surface area contributed by atoms with E-state index in [2.05, 4.69) is 36.1 Å². The Bertz CT molecular complexity index is 1460. The fourth-order valence-electron chi connectivity index (χ4n) is 4.81. The number of hydrogen-bond acceptors (Lipinski definition) is 5. The topological polar surface area (TPSA) is 96.8 Å². The molecule has 186 valence electrons. The van der Waals surface area contributed by atoms with Crippen molar-refractivity contribution in [3.05, 3.63) is 87.0 Å². The first kappa shape index (κ1) is 23.9. The lowest BCUT2D eigenvalue weighted by atomic mass is 9.86. The van der Waals surface area contributed by atoms with Gasteiger partial charge in [0.05, 0.1) is 6.54 Å². The molecule has 36 heavy (non-hydrogen) atoms. The van der Waals surface area contributed by atoms with Crippen LogP contribution in [0.4, 0.5) is 0 Å². The summed E-state index contributed by atoms with van der Waals surface area (Å²) in [5, 5.41) is 8.29. The fraction of sp³-hybridized carbons (Fsp3) is 0.393. The van der Waals surface area contributed by atoms with Crippen LogP contribution in [0.2, 0.25) is 0 Å². The highest BCUT2D eigenvalue weighted by molar-refractivity contribution is 5.94. The van der Waals surface area contributed by atoms with Crippen molar-refractivity contribution < 1.29 is 4.79 Å². The number of aromatic amines is 1. The molecule has 1 N–H and O–H groups in total. The predicted molar refractivity (Wildman–Crippen MR) is 139 cm³/mol. The molecule has 0 saturated carbocycles. The second-order valence-corrected chi connectivity index (χ2v) is 10.7. The lowest BCUT2D eigenvalue weighted by molar-refractivity contribution is 0.0704. The first-order valence-corrected chi connectivity index (χ1v) is 12.5. The Hall–Kier alpha value is -3.81. The Morgan fingerprint density at radius 1 is 1.11 bits per heavy atom. The molecule has 1 aliphatic heterocycles. The van der Waals surface area contributed by atoms with Gasteiger partial charge in [-0.25, -0.2) is 9.67 Å². The number of carbonyl (C=O) groups is 1. The van der Waals surface area contributed by atoms with Crippen molar-refractivity contribution >= 4 is 17.1 Å². The van der Waals surface area contributed by atoms with Gasteiger partial charge in [0.1, 0.15) is 5.82 Å². The molecule has 1 fully saturated rings. The molecule has 1 saturated heterocycles. The number of piperidine rings is 1. The number of nitrogens with one attached hydrogen (secondary N) is 1. The molecular weight excluding hydrogens is 452 g/mol. The Balaban J connectivity index is 1.39. The van der Waals surface area contributed by atoms with E-state index in [0.717, 1.165) is 24.0 Å². The quantitative estimate of drug-likeness (QED) is 0.469. The van der Waals surface area contributed by atoms with Crippen molar-refractivity contribution in [3.63, 3.8) is 0 Å². The number of fused-ring (bicyclic) bond motifs is 1. The molecule has 8 heteroatoms. The molecule has 0 radical (unpaired) electrons. The van der Waals surface area contributed by atoms with Crippen LogP contribution in [0.15, 0.2) is 53.3 Å². The van der Waals surface area contributed by atoms with Crippen LogP contribution in [-0.4, -0.2) is 48.9 Å². The highest BCUT2D eigenvalue weighted by Gasteiger charge is 2.28. The van der Waals surface area contributed by atoms with Crippen LogP contribution in [-0.2, 0) is 12.0 Å². The average molecular weight is 485 g/mol. The third-order valence-electron chi connectivity index (χ3n) is 7.07. The van der Waals surface area contributed by atoms with Crippen molar-refractivity contribution in [2.45, 2.75) is 58.4 Å². The Morgan fingerprint density at radius 2 is 1.86 bits per heavy atom. The smallest absolute Gasteiger partial charge is 0.281 e. The van der Waals surface area contributed by atoms with E-state index in [-0.39, 0.29) is 28.3 Å². The highest BCUT2D eigenvalue weighted by atomic mass is 16.2. The van der Waals surface area contributed by atoms with Crippen LogP contribution in [0.25, 0.3) is 11.2 Å². The Labute approximate surface area is 210 Å². The van der Waals surface area contributed by atoms with Gasteiger partial charge in [0, 0.05) is 24.6 Å². The molecule has 2 aromatic carbocycles. The van der Waals surface area contributed by atoms with Crippen molar-refractivity contribution in [2.75, 3.05) is 13.1 Å². The molecule has 4 aromatic rings. The second kappa shape index (κ2) is 9.33. The maximum absolute atomic E-state index is 13.3. The van der Waals surface area contributed by atoms with E-state index in [0.29, 0.717) is 36.7 Å². The first-order valence-electron chi connectivity index (χ1n) is 12.5. The van der Waals surface area contributed by atoms with Crippen LogP contribution in [0.5, 0.6) is 0 Å². The molecule has 0 spiro atoms. The van der Waals surface area contributed by atoms with Gasteiger partial charge in [0.2, 0.25) is 0 Å². The predicted octanol–water partition coefficient (Wildman–Crippen LogP) is 4.19. The summed E-state index contributed by atoms with van der Waals surface area (Å²) in [4.78, 5) is 35.7. The molecule has 3 heterocycles. The number of aryl methyl sites for hydroxylation is 1. The third-order valence-corrected chi connectivity index (χ3v) is 7.07. The van der Waals surface area contributed by atoms with E-state index in [1.54, 1.807) is 4.68 Å². The highest BCUT2D eigenvalue weighted by Crippen LogP contribution is 2.27. The molecule has 1 aliphatic rings. The summed E-state index contributed by atoms with van der Waals surface area (Å²) in [6.07, 6.45) is 1.69. The number of aromatic nitrogens is 5. The molecular formula is C28H32N6O2. The summed E-state index contributed by atoms with van der Waals surface area (Å²) >= 11 is 0. The van der Waals surface area contributed by atoms with Gasteiger partial charge in [-0.05, 0) is 54.0 Å². The summed E-state index contributed by atoms with van der Waals surface area (Å²) in [7, 11) is 0. The van der Waals surface area contributed by atoms with Gasteiger partial charge in [-0.1, -0.05) is 62.4 Å². The summed E-state index contributed by atoms with van der Waals surface area (Å²) in [6.45, 7) is 10.2. The second-order valence-electron chi connectivity index (χ2n) is 10.7. The maximum Gasteiger partial charge on any atom is 0.281 e. The van der Waals surface area contributed by atoms with Gasteiger partial charge in [-0.15, -0.1) is 5.10 Å². The molecule has 0 unspecified atom stereocenters. The van der Waals surface area contributed by atoms with Crippen LogP contribution in [0.1, 0.15) is 72.4 Å². The fourth-order valence-corrected chi connectivity index (χ4v) is 4.81. The summed E-state index contributed by atoms with van der Waals surface area (Å²) in [6, 6.07) is 15.9. The van der Waals surface area contributed by atoms with Gasteiger partial charge in [0.25, 0.3) is 11.5 Å². The number of hydrogen-bond donors (Lipinski definition) is 1. The Morgan fingerprint density at radius 3 is 2.58 bits per heavy atom. The van der Waals surface area contributed by atoms with Crippen LogP contribution in [0, 0.1) is 6.92 Å². The molecule has 5 rings (SSSR count). The van der Waals surface area contributed by atoms with Crippen LogP contribution >= 0.6 is 0 Å². The van der Waals surface area contributed by atoms with Crippen LogP contribution in [0.3, 0.4) is 0 Å². The number of H-pyrrole nitrogens is 1. The van der Waals surface area contributed by atoms with E-state index in [4.69, 9.17) is 4.98 Å². The van der Waals surface area contributed by atoms with E-state index < -0.39 is 0 Å². The maximum atomic E-state index is 13.3. The van der Waals surface area contributed by atoms with E-state index >= 15 is 0 Å². The number of rotatable bonds is 4. The largest absolute Gasteiger partial charge is 0.338 e. The summed E-state index contributed by atoms with van der Waals surface area (Å²) in [5.74, 6) is 0.534. The van der Waals surface area contributed by atoms with Gasteiger partial charge < -0.3 is 9.88 Å². The zero-order chi connectivity index (χ0) is 25.4. The zero-order valence-electron chi connectivity index (χ0n) is 21.3. The average Bonchev–Trinajstić information content (AvgIpc) is 3.28. The molecule has 1 amide bonds. The van der Waals surface area contributed by atoms with Gasteiger partial charge in [0.15, 0.2) is 11.2 Å². The minimum atomic E-state index is -0.299. The number of nitrogens with zero attached hydrogens (tertiary/aromatic N) is 5. The summed E-state index contributed by atoms with van der Waals surface area (Å²) in [5.41, 5.74) is 4.56. The van der Waals surface area contributed by atoms with E-state index in [1.165, 1.54) is 5.56 Å². The van der Waals surface area contributed by atoms with Gasteiger partial charge >= 0.3 is 0 Å². The molecule has 2 aromatic heterocycles. The molecule has 0 aliphatic carbocycles. The number of amides is 1. The third kappa shape index (κ3) is 4.67. The minimum Gasteiger partial charge on any atom is -0.338 e. The number of benzene rings is 2. The molecule has 1 atom stereocenters. The number of likely N-dealkylation sites (tertiary alicyclic amines) is 1. The lowest BCUT2D eigenvalue weighted by Crippen LogP contribution is -2.40. The Kier molecular flexibility index (Phi) is 6.20. The van der Waals surface area contributed by atoms with Crippen molar-refractivity contribution in [1.29, 1.82) is 0 Å². The monoisotopic (exact) mass is 484 g/mol. The normalized spacial score (nSPS) is 16.4.